The van der Waals surface area contributed by atoms with E-state index in [1.165, 1.54) is 0 Å². The van der Waals surface area contributed by atoms with Crippen LogP contribution in [-0.2, 0) is 14.4 Å². The monoisotopic (exact) mass is 357 g/mol. The highest BCUT2D eigenvalue weighted by Gasteiger charge is 2.28. The van der Waals surface area contributed by atoms with E-state index in [0.717, 1.165) is 4.90 Å². The Hall–Kier alpha value is -3.56. The predicted octanol–water partition coefficient (Wildman–Crippen LogP) is -0.777. The SMILES string of the molecule is O=C(CCN1C(=O)CCC1=O)NNC(=O)c1n[nH]c(=O)c2ccccc12. The lowest BCUT2D eigenvalue weighted by atomic mass is 10.1. The molecular weight excluding hydrogens is 342 g/mol. The van der Waals surface area contributed by atoms with Crippen LogP contribution in [0.5, 0.6) is 0 Å². The van der Waals surface area contributed by atoms with Gasteiger partial charge in [-0.15, -0.1) is 0 Å². The number of H-pyrrole nitrogens is 1. The Kier molecular flexibility index (Phi) is 4.74. The average Bonchev–Trinajstić information content (AvgIpc) is 2.96. The fourth-order valence-electron chi connectivity index (χ4n) is 2.62. The Bertz CT molecular complexity index is 951. The Balaban J connectivity index is 1.60. The van der Waals surface area contributed by atoms with E-state index in [4.69, 9.17) is 0 Å². The fourth-order valence-corrected chi connectivity index (χ4v) is 2.62. The second-order valence-electron chi connectivity index (χ2n) is 5.64. The molecule has 1 fully saturated rings. The molecule has 1 aromatic carbocycles. The van der Waals surface area contributed by atoms with Crippen molar-refractivity contribution in [3.63, 3.8) is 0 Å². The summed E-state index contributed by atoms with van der Waals surface area (Å²) in [5.41, 5.74) is 3.91. The molecule has 2 aromatic rings. The maximum Gasteiger partial charge on any atom is 0.290 e. The van der Waals surface area contributed by atoms with Gasteiger partial charge >= 0.3 is 0 Å². The van der Waals surface area contributed by atoms with Crippen LogP contribution >= 0.6 is 0 Å². The van der Waals surface area contributed by atoms with E-state index >= 15 is 0 Å². The lowest BCUT2D eigenvalue weighted by Crippen LogP contribution is -2.43. The third kappa shape index (κ3) is 3.43. The molecule has 0 unspecified atom stereocenters. The highest BCUT2D eigenvalue weighted by atomic mass is 16.2. The number of nitrogens with zero attached hydrogens (tertiary/aromatic N) is 2. The van der Waals surface area contributed by atoms with Crippen molar-refractivity contribution in [2.75, 3.05) is 6.54 Å². The molecule has 0 radical (unpaired) electrons. The third-order valence-electron chi connectivity index (χ3n) is 3.94. The summed E-state index contributed by atoms with van der Waals surface area (Å²) in [6.07, 6.45) is 0.168. The molecule has 10 nitrogen and oxygen atoms in total. The third-order valence-corrected chi connectivity index (χ3v) is 3.94. The molecule has 4 amide bonds. The van der Waals surface area contributed by atoms with Gasteiger partial charge in [0, 0.05) is 31.2 Å². The number of rotatable bonds is 4. The van der Waals surface area contributed by atoms with E-state index in [-0.39, 0.29) is 43.3 Å². The summed E-state index contributed by atoms with van der Waals surface area (Å²) in [4.78, 5) is 59.7. The number of carbonyl (C=O) groups is 4. The number of carbonyl (C=O) groups excluding carboxylic acids is 4. The van der Waals surface area contributed by atoms with Crippen LogP contribution in [0.15, 0.2) is 29.1 Å². The molecule has 1 saturated heterocycles. The minimum Gasteiger partial charge on any atom is -0.282 e. The van der Waals surface area contributed by atoms with Crippen LogP contribution in [0.3, 0.4) is 0 Å². The lowest BCUT2D eigenvalue weighted by Gasteiger charge is -2.13. The summed E-state index contributed by atoms with van der Waals surface area (Å²) < 4.78 is 0. The standard InChI is InChI=1S/C16H15N5O5/c22-11(7-8-21-12(23)5-6-13(21)24)17-20-16(26)14-9-3-1-2-4-10(9)15(25)19-18-14/h1-4H,5-8H2,(H,17,22)(H,19,25)(H,20,26). The van der Waals surface area contributed by atoms with E-state index in [0.29, 0.717) is 10.8 Å². The number of imide groups is 1. The maximum atomic E-state index is 12.2. The number of aromatic nitrogens is 2. The molecule has 10 heteroatoms. The minimum atomic E-state index is -0.709. The number of hydrazine groups is 1. The van der Waals surface area contributed by atoms with Crippen LogP contribution in [0.25, 0.3) is 10.8 Å². The van der Waals surface area contributed by atoms with Gasteiger partial charge in [0.1, 0.15) is 0 Å². The predicted molar refractivity (Wildman–Crippen MR) is 88.5 cm³/mol. The van der Waals surface area contributed by atoms with Gasteiger partial charge in [0.2, 0.25) is 17.7 Å². The first-order chi connectivity index (χ1) is 12.5. The maximum absolute atomic E-state index is 12.2. The van der Waals surface area contributed by atoms with Crippen molar-refractivity contribution in [1.29, 1.82) is 0 Å². The van der Waals surface area contributed by atoms with Gasteiger partial charge in [-0.25, -0.2) is 5.10 Å². The molecule has 0 bridgehead atoms. The smallest absolute Gasteiger partial charge is 0.282 e. The topological polar surface area (TPSA) is 141 Å². The van der Waals surface area contributed by atoms with Gasteiger partial charge in [0.15, 0.2) is 5.69 Å². The van der Waals surface area contributed by atoms with Crippen LogP contribution in [0.2, 0.25) is 0 Å². The molecule has 0 atom stereocenters. The summed E-state index contributed by atoms with van der Waals surface area (Å²) in [7, 11) is 0. The molecule has 0 aliphatic carbocycles. The molecule has 1 aliphatic heterocycles. The number of likely N-dealkylation sites (tertiary alicyclic amines) is 1. The number of amides is 4. The summed E-state index contributed by atoms with van der Waals surface area (Å²) in [5.74, 6) is -1.90. The van der Waals surface area contributed by atoms with Crippen molar-refractivity contribution in [3.8, 4) is 0 Å². The second kappa shape index (κ2) is 7.13. The van der Waals surface area contributed by atoms with Crippen molar-refractivity contribution in [2.24, 2.45) is 0 Å². The van der Waals surface area contributed by atoms with Crippen molar-refractivity contribution in [3.05, 3.63) is 40.3 Å². The summed E-state index contributed by atoms with van der Waals surface area (Å²) in [6, 6.07) is 6.43. The van der Waals surface area contributed by atoms with E-state index in [2.05, 4.69) is 21.0 Å². The summed E-state index contributed by atoms with van der Waals surface area (Å²) in [5, 5.41) is 6.58. The molecule has 2 heterocycles. The molecule has 3 rings (SSSR count). The molecule has 0 spiro atoms. The quantitative estimate of drug-likeness (QED) is 0.484. The highest BCUT2D eigenvalue weighted by molar-refractivity contribution is 6.05. The first-order valence-corrected chi connectivity index (χ1v) is 7.87. The van der Waals surface area contributed by atoms with Crippen LogP contribution in [0.1, 0.15) is 29.8 Å². The normalized spacial score (nSPS) is 13.9. The van der Waals surface area contributed by atoms with Gasteiger partial charge in [0.25, 0.3) is 11.5 Å². The van der Waals surface area contributed by atoms with E-state index < -0.39 is 17.4 Å². The van der Waals surface area contributed by atoms with Crippen molar-refractivity contribution in [2.45, 2.75) is 19.3 Å². The first kappa shape index (κ1) is 17.3. The average molecular weight is 357 g/mol. The highest BCUT2D eigenvalue weighted by Crippen LogP contribution is 2.12. The number of benzene rings is 1. The Morgan fingerprint density at radius 2 is 1.69 bits per heavy atom. The van der Waals surface area contributed by atoms with Crippen LogP contribution in [-0.4, -0.2) is 45.3 Å². The van der Waals surface area contributed by atoms with Crippen molar-refractivity contribution in [1.82, 2.24) is 25.9 Å². The molecule has 0 saturated carbocycles. The Morgan fingerprint density at radius 1 is 1.04 bits per heavy atom. The van der Waals surface area contributed by atoms with E-state index in [1.54, 1.807) is 24.3 Å². The largest absolute Gasteiger partial charge is 0.290 e. The van der Waals surface area contributed by atoms with Gasteiger partial charge < -0.3 is 0 Å². The van der Waals surface area contributed by atoms with Crippen molar-refractivity contribution < 1.29 is 19.2 Å². The number of fused-ring (bicyclic) bond motifs is 1. The molecule has 1 aliphatic rings. The van der Waals surface area contributed by atoms with Gasteiger partial charge in [-0.2, -0.15) is 5.10 Å². The van der Waals surface area contributed by atoms with Gasteiger partial charge in [-0.05, 0) is 6.07 Å². The van der Waals surface area contributed by atoms with Crippen LogP contribution < -0.4 is 16.4 Å². The molecule has 134 valence electrons. The van der Waals surface area contributed by atoms with E-state index in [1.807, 2.05) is 0 Å². The zero-order valence-corrected chi connectivity index (χ0v) is 13.6. The van der Waals surface area contributed by atoms with Gasteiger partial charge in [-0.3, -0.25) is 39.7 Å². The Morgan fingerprint density at radius 3 is 2.38 bits per heavy atom. The number of nitrogens with one attached hydrogen (secondary N) is 3. The first-order valence-electron chi connectivity index (χ1n) is 7.87. The molecule has 3 N–H and O–H groups in total. The molecule has 1 aromatic heterocycles. The molecular formula is C16H15N5O5. The van der Waals surface area contributed by atoms with E-state index in [9.17, 15) is 24.0 Å². The zero-order chi connectivity index (χ0) is 18.7. The summed E-state index contributed by atoms with van der Waals surface area (Å²) in [6.45, 7) is -0.0425. The van der Waals surface area contributed by atoms with Crippen LogP contribution in [0, 0.1) is 0 Å². The number of hydrogen-bond donors (Lipinski definition) is 3. The summed E-state index contributed by atoms with van der Waals surface area (Å²) >= 11 is 0. The number of hydrogen-bond acceptors (Lipinski definition) is 6. The van der Waals surface area contributed by atoms with Gasteiger partial charge in [-0.1, -0.05) is 18.2 Å². The second-order valence-corrected chi connectivity index (χ2v) is 5.64. The zero-order valence-electron chi connectivity index (χ0n) is 13.6. The number of aromatic amines is 1. The van der Waals surface area contributed by atoms with Crippen molar-refractivity contribution >= 4 is 34.4 Å². The minimum absolute atomic E-state index is 0.0425. The molecule has 26 heavy (non-hydrogen) atoms. The lowest BCUT2D eigenvalue weighted by molar-refractivity contribution is -0.138. The Labute approximate surface area is 146 Å². The van der Waals surface area contributed by atoms with Gasteiger partial charge in [0.05, 0.1) is 5.39 Å². The van der Waals surface area contributed by atoms with Crippen LogP contribution in [0.4, 0.5) is 0 Å². The fraction of sp³-hybridized carbons (Fsp3) is 0.250.